The molecule has 3 aromatic rings. The van der Waals surface area contributed by atoms with E-state index in [0.717, 1.165) is 29.5 Å². The zero-order valence-electron chi connectivity index (χ0n) is 18.2. The summed E-state index contributed by atoms with van der Waals surface area (Å²) in [6, 6.07) is 11.6. The number of carbonyl (C=O) groups is 2. The molecule has 1 unspecified atom stereocenters. The first-order chi connectivity index (χ1) is 15.6. The Labute approximate surface area is 187 Å². The fourth-order valence-corrected chi connectivity index (χ4v) is 4.49. The summed E-state index contributed by atoms with van der Waals surface area (Å²) in [4.78, 5) is 40.7. The van der Waals surface area contributed by atoms with E-state index in [4.69, 9.17) is 0 Å². The SMILES string of the molecule is CCNC(=O)C1(Cc2ccccc2-c2cncnc2)CCCN(C(=O)c2cccnc2)C1. The first kappa shape index (κ1) is 21.6. The summed E-state index contributed by atoms with van der Waals surface area (Å²) in [7, 11) is 0. The highest BCUT2D eigenvalue weighted by Crippen LogP contribution is 2.37. The highest BCUT2D eigenvalue weighted by atomic mass is 16.2. The van der Waals surface area contributed by atoms with Crippen molar-refractivity contribution in [1.29, 1.82) is 0 Å². The average Bonchev–Trinajstić information content (AvgIpc) is 2.85. The number of piperidine rings is 1. The van der Waals surface area contributed by atoms with E-state index >= 15 is 0 Å². The van der Waals surface area contributed by atoms with E-state index < -0.39 is 5.41 Å². The van der Waals surface area contributed by atoms with E-state index in [1.807, 2.05) is 31.2 Å². The molecule has 7 heteroatoms. The van der Waals surface area contributed by atoms with Crippen LogP contribution in [0.3, 0.4) is 0 Å². The number of nitrogens with one attached hydrogen (secondary N) is 1. The molecule has 0 bridgehead atoms. The third-order valence-electron chi connectivity index (χ3n) is 6.01. The Morgan fingerprint density at radius 3 is 2.62 bits per heavy atom. The fraction of sp³-hybridized carbons (Fsp3) is 0.320. The van der Waals surface area contributed by atoms with Gasteiger partial charge in [0.05, 0.1) is 11.0 Å². The van der Waals surface area contributed by atoms with Crippen molar-refractivity contribution in [2.24, 2.45) is 5.41 Å². The molecule has 1 saturated heterocycles. The quantitative estimate of drug-likeness (QED) is 0.650. The second kappa shape index (κ2) is 9.68. The molecule has 0 saturated carbocycles. The van der Waals surface area contributed by atoms with Crippen LogP contribution in [-0.4, -0.2) is 51.3 Å². The zero-order chi connectivity index (χ0) is 22.4. The topological polar surface area (TPSA) is 88.1 Å². The van der Waals surface area contributed by atoms with Crippen molar-refractivity contribution < 1.29 is 9.59 Å². The molecule has 164 valence electrons. The summed E-state index contributed by atoms with van der Waals surface area (Å²) in [6.07, 6.45) is 10.3. The summed E-state index contributed by atoms with van der Waals surface area (Å²) in [6.45, 7) is 3.46. The minimum absolute atomic E-state index is 0.0113. The predicted molar refractivity (Wildman–Crippen MR) is 122 cm³/mol. The number of pyridine rings is 1. The minimum Gasteiger partial charge on any atom is -0.356 e. The first-order valence-electron chi connectivity index (χ1n) is 10.9. The zero-order valence-corrected chi connectivity index (χ0v) is 18.2. The van der Waals surface area contributed by atoms with Crippen LogP contribution in [-0.2, 0) is 11.2 Å². The summed E-state index contributed by atoms with van der Waals surface area (Å²) >= 11 is 0. The number of benzene rings is 1. The van der Waals surface area contributed by atoms with Gasteiger partial charge in [-0.3, -0.25) is 14.6 Å². The van der Waals surface area contributed by atoms with Gasteiger partial charge in [-0.2, -0.15) is 0 Å². The van der Waals surface area contributed by atoms with Crippen molar-refractivity contribution in [2.75, 3.05) is 19.6 Å². The Balaban J connectivity index is 1.68. The lowest BCUT2D eigenvalue weighted by Crippen LogP contribution is -2.54. The van der Waals surface area contributed by atoms with E-state index in [1.54, 1.807) is 41.8 Å². The van der Waals surface area contributed by atoms with Crippen LogP contribution in [0.15, 0.2) is 67.5 Å². The molecule has 32 heavy (non-hydrogen) atoms. The van der Waals surface area contributed by atoms with Crippen LogP contribution < -0.4 is 5.32 Å². The summed E-state index contributed by atoms with van der Waals surface area (Å²) in [5.74, 6) is -0.0981. The standard InChI is InChI=1S/C25H27N5O2/c1-2-29-24(32)25(10-6-12-30(17-25)23(31)20-8-5-11-26-14-20)13-19-7-3-4-9-22(19)21-15-27-18-28-16-21/h3-5,7-9,11,14-16,18H,2,6,10,12-13,17H2,1H3,(H,29,32). The lowest BCUT2D eigenvalue weighted by atomic mass is 9.73. The molecule has 3 heterocycles. The minimum atomic E-state index is -0.710. The predicted octanol–water partition coefficient (Wildman–Crippen LogP) is 3.14. The highest BCUT2D eigenvalue weighted by Gasteiger charge is 2.43. The van der Waals surface area contributed by atoms with Crippen LogP contribution >= 0.6 is 0 Å². The summed E-state index contributed by atoms with van der Waals surface area (Å²) in [5, 5.41) is 3.02. The maximum atomic E-state index is 13.4. The second-order valence-electron chi connectivity index (χ2n) is 8.17. The molecule has 1 fully saturated rings. The fourth-order valence-electron chi connectivity index (χ4n) is 4.49. The molecular formula is C25H27N5O2. The molecule has 0 radical (unpaired) electrons. The van der Waals surface area contributed by atoms with E-state index in [9.17, 15) is 9.59 Å². The Morgan fingerprint density at radius 1 is 1.06 bits per heavy atom. The highest BCUT2D eigenvalue weighted by molar-refractivity contribution is 5.94. The number of likely N-dealkylation sites (tertiary alicyclic amines) is 1. The van der Waals surface area contributed by atoms with Gasteiger partial charge < -0.3 is 10.2 Å². The van der Waals surface area contributed by atoms with Crippen LogP contribution in [0.4, 0.5) is 0 Å². The van der Waals surface area contributed by atoms with E-state index in [0.29, 0.717) is 31.6 Å². The molecule has 0 spiro atoms. The van der Waals surface area contributed by atoms with Crippen LogP contribution in [0.2, 0.25) is 0 Å². The molecular weight excluding hydrogens is 402 g/mol. The van der Waals surface area contributed by atoms with Crippen molar-refractivity contribution in [3.63, 3.8) is 0 Å². The third-order valence-corrected chi connectivity index (χ3v) is 6.01. The summed E-state index contributed by atoms with van der Waals surface area (Å²) < 4.78 is 0. The largest absolute Gasteiger partial charge is 0.356 e. The molecule has 1 N–H and O–H groups in total. The van der Waals surface area contributed by atoms with Gasteiger partial charge in [0.2, 0.25) is 5.91 Å². The second-order valence-corrected chi connectivity index (χ2v) is 8.17. The Bertz CT molecular complexity index is 1070. The monoisotopic (exact) mass is 429 g/mol. The van der Waals surface area contributed by atoms with E-state index in [-0.39, 0.29) is 11.8 Å². The third kappa shape index (κ3) is 4.51. The van der Waals surface area contributed by atoms with E-state index in [2.05, 4.69) is 20.3 Å². The van der Waals surface area contributed by atoms with Gasteiger partial charge in [-0.1, -0.05) is 24.3 Å². The van der Waals surface area contributed by atoms with Crippen LogP contribution in [0.5, 0.6) is 0 Å². The lowest BCUT2D eigenvalue weighted by Gasteiger charge is -2.42. The molecule has 0 aliphatic carbocycles. The van der Waals surface area contributed by atoms with Crippen LogP contribution in [0.1, 0.15) is 35.7 Å². The Kier molecular flexibility index (Phi) is 6.54. The maximum absolute atomic E-state index is 13.4. The maximum Gasteiger partial charge on any atom is 0.255 e. The van der Waals surface area contributed by atoms with Gasteiger partial charge in [-0.25, -0.2) is 9.97 Å². The molecule has 7 nitrogen and oxygen atoms in total. The molecule has 1 aromatic carbocycles. The van der Waals surface area contributed by atoms with Crippen molar-refractivity contribution in [3.05, 3.63) is 78.6 Å². The van der Waals surface area contributed by atoms with Gasteiger partial charge in [0, 0.05) is 50.0 Å². The summed E-state index contributed by atoms with van der Waals surface area (Å²) in [5.41, 5.74) is 2.80. The number of rotatable bonds is 6. The van der Waals surface area contributed by atoms with Crippen LogP contribution in [0, 0.1) is 5.41 Å². The average molecular weight is 430 g/mol. The Hall–Kier alpha value is -3.61. The molecule has 2 amide bonds. The number of hydrogen-bond donors (Lipinski definition) is 1. The van der Waals surface area contributed by atoms with Gasteiger partial charge in [-0.15, -0.1) is 0 Å². The first-order valence-corrected chi connectivity index (χ1v) is 10.9. The molecule has 1 aliphatic heterocycles. The van der Waals surface area contributed by atoms with E-state index in [1.165, 1.54) is 6.33 Å². The number of amides is 2. The smallest absolute Gasteiger partial charge is 0.255 e. The molecule has 1 atom stereocenters. The van der Waals surface area contributed by atoms with Crippen molar-refractivity contribution in [1.82, 2.24) is 25.2 Å². The Morgan fingerprint density at radius 2 is 1.88 bits per heavy atom. The van der Waals surface area contributed by atoms with Gasteiger partial charge in [0.15, 0.2) is 0 Å². The van der Waals surface area contributed by atoms with Gasteiger partial charge >= 0.3 is 0 Å². The number of carbonyl (C=O) groups excluding carboxylic acids is 2. The van der Waals surface area contributed by atoms with Crippen molar-refractivity contribution >= 4 is 11.8 Å². The van der Waals surface area contributed by atoms with Crippen molar-refractivity contribution in [3.8, 4) is 11.1 Å². The van der Waals surface area contributed by atoms with Gasteiger partial charge in [0.1, 0.15) is 6.33 Å². The molecule has 2 aromatic heterocycles. The lowest BCUT2D eigenvalue weighted by molar-refractivity contribution is -0.133. The van der Waals surface area contributed by atoms with Crippen molar-refractivity contribution in [2.45, 2.75) is 26.2 Å². The van der Waals surface area contributed by atoms with Gasteiger partial charge in [-0.05, 0) is 49.4 Å². The number of hydrogen-bond acceptors (Lipinski definition) is 5. The normalized spacial score (nSPS) is 18.2. The molecule has 1 aliphatic rings. The van der Waals surface area contributed by atoms with Crippen LogP contribution in [0.25, 0.3) is 11.1 Å². The number of nitrogens with zero attached hydrogens (tertiary/aromatic N) is 4. The van der Waals surface area contributed by atoms with Gasteiger partial charge in [0.25, 0.3) is 5.91 Å². The molecule has 4 rings (SSSR count). The number of aromatic nitrogens is 3.